The van der Waals surface area contributed by atoms with E-state index >= 15 is 0 Å². The van der Waals surface area contributed by atoms with Crippen molar-refractivity contribution < 1.29 is 4.79 Å². The summed E-state index contributed by atoms with van der Waals surface area (Å²) in [7, 11) is 0. The Labute approximate surface area is 98.3 Å². The SMILES string of the molecule is CC(C)CC(CN)NC(=O)NC1CCCC1. The molecule has 0 aromatic heterocycles. The van der Waals surface area contributed by atoms with Gasteiger partial charge in [0, 0.05) is 18.6 Å². The minimum Gasteiger partial charge on any atom is -0.335 e. The summed E-state index contributed by atoms with van der Waals surface area (Å²) < 4.78 is 0. The third-order valence-electron chi connectivity index (χ3n) is 3.07. The molecule has 4 nitrogen and oxygen atoms in total. The first kappa shape index (κ1) is 13.3. The highest BCUT2D eigenvalue weighted by Crippen LogP contribution is 2.17. The van der Waals surface area contributed by atoms with Crippen LogP contribution >= 0.6 is 0 Å². The van der Waals surface area contributed by atoms with Crippen LogP contribution in [0.1, 0.15) is 46.0 Å². The van der Waals surface area contributed by atoms with Crippen LogP contribution in [0.25, 0.3) is 0 Å². The molecule has 0 aromatic rings. The van der Waals surface area contributed by atoms with Crippen molar-refractivity contribution in [1.82, 2.24) is 10.6 Å². The lowest BCUT2D eigenvalue weighted by Crippen LogP contribution is -2.48. The molecule has 0 aliphatic heterocycles. The molecule has 1 atom stereocenters. The summed E-state index contributed by atoms with van der Waals surface area (Å²) in [5.41, 5.74) is 5.64. The number of nitrogens with two attached hydrogens (primary N) is 1. The van der Waals surface area contributed by atoms with E-state index in [0.717, 1.165) is 19.3 Å². The summed E-state index contributed by atoms with van der Waals surface area (Å²) in [6.45, 7) is 4.79. The van der Waals surface area contributed by atoms with Gasteiger partial charge < -0.3 is 16.4 Å². The second-order valence-electron chi connectivity index (χ2n) is 5.16. The zero-order valence-corrected chi connectivity index (χ0v) is 10.5. The van der Waals surface area contributed by atoms with E-state index in [9.17, 15) is 4.79 Å². The van der Waals surface area contributed by atoms with Crippen molar-refractivity contribution >= 4 is 6.03 Å². The zero-order chi connectivity index (χ0) is 12.0. The maximum Gasteiger partial charge on any atom is 0.315 e. The lowest BCUT2D eigenvalue weighted by atomic mass is 10.0. The first-order chi connectivity index (χ1) is 7.61. The van der Waals surface area contributed by atoms with Crippen LogP contribution in [-0.4, -0.2) is 24.7 Å². The van der Waals surface area contributed by atoms with Gasteiger partial charge in [0.2, 0.25) is 0 Å². The van der Waals surface area contributed by atoms with E-state index in [-0.39, 0.29) is 12.1 Å². The molecule has 0 aromatic carbocycles. The fraction of sp³-hybridized carbons (Fsp3) is 0.917. The second-order valence-corrected chi connectivity index (χ2v) is 5.16. The molecule has 0 saturated heterocycles. The normalized spacial score (nSPS) is 18.8. The Bertz CT molecular complexity index is 212. The molecule has 94 valence electrons. The number of hydrogen-bond donors (Lipinski definition) is 3. The Morgan fingerprint density at radius 2 is 2.00 bits per heavy atom. The van der Waals surface area contributed by atoms with Gasteiger partial charge in [-0.1, -0.05) is 26.7 Å². The minimum atomic E-state index is -0.0528. The second kappa shape index (κ2) is 6.74. The lowest BCUT2D eigenvalue weighted by Gasteiger charge is -2.20. The van der Waals surface area contributed by atoms with Gasteiger partial charge in [0.25, 0.3) is 0 Å². The molecule has 1 unspecified atom stereocenters. The van der Waals surface area contributed by atoms with E-state index in [2.05, 4.69) is 24.5 Å². The van der Waals surface area contributed by atoms with Crippen molar-refractivity contribution in [2.75, 3.05) is 6.54 Å². The van der Waals surface area contributed by atoms with E-state index in [0.29, 0.717) is 18.5 Å². The summed E-state index contributed by atoms with van der Waals surface area (Å²) in [5.74, 6) is 0.556. The van der Waals surface area contributed by atoms with Crippen LogP contribution in [0.3, 0.4) is 0 Å². The number of urea groups is 1. The Morgan fingerprint density at radius 1 is 1.38 bits per heavy atom. The topological polar surface area (TPSA) is 67.1 Å². The van der Waals surface area contributed by atoms with Gasteiger partial charge in [0.05, 0.1) is 0 Å². The third kappa shape index (κ3) is 4.84. The number of carbonyl (C=O) groups is 1. The van der Waals surface area contributed by atoms with Crippen LogP contribution in [-0.2, 0) is 0 Å². The third-order valence-corrected chi connectivity index (χ3v) is 3.07. The van der Waals surface area contributed by atoms with Crippen LogP contribution in [0.5, 0.6) is 0 Å². The average molecular weight is 227 g/mol. The Balaban J connectivity index is 2.24. The summed E-state index contributed by atoms with van der Waals surface area (Å²) in [4.78, 5) is 11.7. The van der Waals surface area contributed by atoms with Gasteiger partial charge in [-0.25, -0.2) is 4.79 Å². The molecule has 0 spiro atoms. The highest BCUT2D eigenvalue weighted by molar-refractivity contribution is 5.74. The molecule has 0 heterocycles. The fourth-order valence-electron chi connectivity index (χ4n) is 2.27. The fourth-order valence-corrected chi connectivity index (χ4v) is 2.27. The molecule has 1 aliphatic carbocycles. The molecule has 1 fully saturated rings. The van der Waals surface area contributed by atoms with Gasteiger partial charge in [-0.05, 0) is 25.2 Å². The van der Waals surface area contributed by atoms with E-state index in [1.54, 1.807) is 0 Å². The van der Waals surface area contributed by atoms with Gasteiger partial charge in [-0.2, -0.15) is 0 Å². The minimum absolute atomic E-state index is 0.0528. The standard InChI is InChI=1S/C12H25N3O/c1-9(2)7-11(8-13)15-12(16)14-10-5-3-4-6-10/h9-11H,3-8,13H2,1-2H3,(H2,14,15,16). The highest BCUT2D eigenvalue weighted by atomic mass is 16.2. The van der Waals surface area contributed by atoms with Crippen LogP contribution in [0.15, 0.2) is 0 Å². The Kier molecular flexibility index (Phi) is 5.60. The molecule has 1 aliphatic rings. The van der Waals surface area contributed by atoms with Crippen LogP contribution in [0.2, 0.25) is 0 Å². The number of rotatable bonds is 5. The van der Waals surface area contributed by atoms with E-state index < -0.39 is 0 Å². The van der Waals surface area contributed by atoms with Gasteiger partial charge in [0.1, 0.15) is 0 Å². The Hall–Kier alpha value is -0.770. The number of hydrogen-bond acceptors (Lipinski definition) is 2. The quantitative estimate of drug-likeness (QED) is 0.668. The largest absolute Gasteiger partial charge is 0.335 e. The Morgan fingerprint density at radius 3 is 2.50 bits per heavy atom. The van der Waals surface area contributed by atoms with E-state index in [4.69, 9.17) is 5.73 Å². The summed E-state index contributed by atoms with van der Waals surface area (Å²) in [5, 5.41) is 5.96. The molecule has 4 heteroatoms. The van der Waals surface area contributed by atoms with Crippen molar-refractivity contribution in [3.63, 3.8) is 0 Å². The summed E-state index contributed by atoms with van der Waals surface area (Å²) >= 11 is 0. The van der Waals surface area contributed by atoms with Crippen molar-refractivity contribution in [1.29, 1.82) is 0 Å². The number of amides is 2. The van der Waals surface area contributed by atoms with Crippen molar-refractivity contribution in [2.45, 2.75) is 58.0 Å². The molecular weight excluding hydrogens is 202 g/mol. The molecule has 1 saturated carbocycles. The lowest BCUT2D eigenvalue weighted by molar-refractivity contribution is 0.231. The van der Waals surface area contributed by atoms with E-state index in [1.807, 2.05) is 0 Å². The molecule has 1 rings (SSSR count). The average Bonchev–Trinajstić information content (AvgIpc) is 2.68. The number of nitrogens with one attached hydrogen (secondary N) is 2. The van der Waals surface area contributed by atoms with Gasteiger partial charge >= 0.3 is 6.03 Å². The molecule has 4 N–H and O–H groups in total. The monoisotopic (exact) mass is 227 g/mol. The van der Waals surface area contributed by atoms with Crippen molar-refractivity contribution in [3.8, 4) is 0 Å². The maximum atomic E-state index is 11.7. The van der Waals surface area contributed by atoms with Crippen molar-refractivity contribution in [2.24, 2.45) is 11.7 Å². The zero-order valence-electron chi connectivity index (χ0n) is 10.5. The summed E-state index contributed by atoms with van der Waals surface area (Å²) in [6.07, 6.45) is 5.64. The van der Waals surface area contributed by atoms with Crippen LogP contribution < -0.4 is 16.4 Å². The highest BCUT2D eigenvalue weighted by Gasteiger charge is 2.18. The first-order valence-electron chi connectivity index (χ1n) is 6.39. The molecule has 2 amide bonds. The van der Waals surface area contributed by atoms with Gasteiger partial charge in [-0.3, -0.25) is 0 Å². The molecule has 16 heavy (non-hydrogen) atoms. The van der Waals surface area contributed by atoms with Gasteiger partial charge in [0.15, 0.2) is 0 Å². The van der Waals surface area contributed by atoms with Gasteiger partial charge in [-0.15, -0.1) is 0 Å². The van der Waals surface area contributed by atoms with Crippen LogP contribution in [0, 0.1) is 5.92 Å². The molecule has 0 bridgehead atoms. The number of carbonyl (C=O) groups excluding carboxylic acids is 1. The van der Waals surface area contributed by atoms with E-state index in [1.165, 1.54) is 12.8 Å². The summed E-state index contributed by atoms with van der Waals surface area (Å²) in [6, 6.07) is 0.418. The van der Waals surface area contributed by atoms with Crippen LogP contribution in [0.4, 0.5) is 4.79 Å². The molecule has 0 radical (unpaired) electrons. The predicted octanol–water partition coefficient (Wildman–Crippen LogP) is 1.60. The van der Waals surface area contributed by atoms with Crippen molar-refractivity contribution in [3.05, 3.63) is 0 Å². The first-order valence-corrected chi connectivity index (χ1v) is 6.39. The molecular formula is C12H25N3O. The maximum absolute atomic E-state index is 11.7. The smallest absolute Gasteiger partial charge is 0.315 e. The predicted molar refractivity (Wildman–Crippen MR) is 66.2 cm³/mol.